The zero-order valence-corrected chi connectivity index (χ0v) is 30.9. The Hall–Kier alpha value is -3.70. The van der Waals surface area contributed by atoms with E-state index >= 15 is 0 Å². The number of aryl methyl sites for hydroxylation is 1. The monoisotopic (exact) mass is 728 g/mol. The fourth-order valence-electron chi connectivity index (χ4n) is 6.09. The van der Waals surface area contributed by atoms with Crippen LogP contribution in [0, 0.1) is 21.7 Å². The van der Waals surface area contributed by atoms with Crippen LogP contribution in [0.2, 0.25) is 0 Å². The van der Waals surface area contributed by atoms with Crippen LogP contribution in [0.5, 0.6) is 11.5 Å². The van der Waals surface area contributed by atoms with Crippen LogP contribution in [0.1, 0.15) is 100.0 Å². The van der Waals surface area contributed by atoms with E-state index in [0.717, 1.165) is 19.3 Å². The quantitative estimate of drug-likeness (QED) is 0.0712. The molecule has 0 N–H and O–H groups in total. The van der Waals surface area contributed by atoms with Crippen LogP contribution in [0.3, 0.4) is 0 Å². The van der Waals surface area contributed by atoms with Crippen LogP contribution in [0.15, 0.2) is 51.7 Å². The highest BCUT2D eigenvalue weighted by Gasteiger charge is 2.49. The van der Waals surface area contributed by atoms with Crippen molar-refractivity contribution >= 4 is 16.9 Å². The summed E-state index contributed by atoms with van der Waals surface area (Å²) in [6.07, 6.45) is -7.30. The third-order valence-electron chi connectivity index (χ3n) is 9.09. The van der Waals surface area contributed by atoms with Gasteiger partial charge in [0.15, 0.2) is 0 Å². The first-order valence-corrected chi connectivity index (χ1v) is 17.1. The molecule has 284 valence electrons. The number of hydrogen-bond acceptors (Lipinski definition) is 6. The molecule has 51 heavy (non-hydrogen) atoms. The van der Waals surface area contributed by atoms with E-state index in [0.29, 0.717) is 23.8 Å². The van der Waals surface area contributed by atoms with E-state index in [1.165, 1.54) is 43.3 Å². The van der Waals surface area contributed by atoms with Crippen LogP contribution < -0.4 is 15.1 Å². The van der Waals surface area contributed by atoms with Crippen molar-refractivity contribution in [3.8, 4) is 22.6 Å². The van der Waals surface area contributed by atoms with Gasteiger partial charge in [0.2, 0.25) is 0 Å². The van der Waals surface area contributed by atoms with Crippen LogP contribution in [-0.2, 0) is 16.0 Å². The molecule has 0 bridgehead atoms. The number of hydrogen-bond donors (Lipinski definition) is 0. The molecule has 0 saturated heterocycles. The summed E-state index contributed by atoms with van der Waals surface area (Å²) < 4.78 is 103. The summed E-state index contributed by atoms with van der Waals surface area (Å²) in [5.41, 5.74) is -4.06. The summed E-state index contributed by atoms with van der Waals surface area (Å²) in [5.74, 6) is -1.06. The van der Waals surface area contributed by atoms with Gasteiger partial charge in [0.05, 0.1) is 24.0 Å². The molecule has 0 radical (unpaired) electrons. The molecule has 2 aromatic carbocycles. The molecule has 0 aliphatic rings. The fraction of sp³-hybridized carbons (Fsp3) is 0.590. The first-order valence-electron chi connectivity index (χ1n) is 17.1. The number of alkyl halides is 6. The lowest BCUT2D eigenvalue weighted by Crippen LogP contribution is -2.46. The minimum absolute atomic E-state index is 0.00259. The van der Waals surface area contributed by atoms with E-state index in [-0.39, 0.29) is 27.9 Å². The van der Waals surface area contributed by atoms with E-state index in [1.807, 2.05) is 48.5 Å². The Bertz CT molecular complexity index is 1710. The summed E-state index contributed by atoms with van der Waals surface area (Å²) in [4.78, 5) is 26.6. The van der Waals surface area contributed by atoms with Gasteiger partial charge in [0.25, 0.3) is 0 Å². The average Bonchev–Trinajstić information content (AvgIpc) is 2.96. The smallest absolute Gasteiger partial charge is 0.493 e. The number of carbonyl (C=O) groups excluding carboxylic acids is 1. The normalized spacial score (nSPS) is 15.3. The van der Waals surface area contributed by atoms with Gasteiger partial charge in [0, 0.05) is 22.4 Å². The third-order valence-corrected chi connectivity index (χ3v) is 9.09. The summed E-state index contributed by atoms with van der Waals surface area (Å²) in [5, 5.41) is 0.328. The molecule has 2 unspecified atom stereocenters. The zero-order chi connectivity index (χ0) is 38.6. The molecule has 6 nitrogen and oxygen atoms in total. The number of carbonyl (C=O) groups is 1. The van der Waals surface area contributed by atoms with Crippen molar-refractivity contribution in [3.05, 3.63) is 58.4 Å². The highest BCUT2D eigenvalue weighted by molar-refractivity contribution is 5.84. The lowest BCUT2D eigenvalue weighted by molar-refractivity contribution is -0.274. The van der Waals surface area contributed by atoms with Crippen molar-refractivity contribution in [2.75, 3.05) is 13.2 Å². The standard InChI is InChI=1S/C39H50F6O6/c1-10-11-12-13-25-14-17-28(31(18-25)51-39(43,44)45)29-19-26-15-16-27(20-30(26)50-32(29)46)48-23-36(8,22-38(40,41)42)24-49-33(47)37(9,35(5,6)7)21-34(2,3)4/h14-20H,10-13,21-24H2,1-9H3. The van der Waals surface area contributed by atoms with E-state index in [9.17, 15) is 35.9 Å². The second-order valence-corrected chi connectivity index (χ2v) is 16.3. The molecule has 2 atom stereocenters. The van der Waals surface area contributed by atoms with Crippen molar-refractivity contribution in [1.29, 1.82) is 0 Å². The lowest BCUT2D eigenvalue weighted by Gasteiger charge is -2.44. The molecule has 3 aromatic rings. The van der Waals surface area contributed by atoms with Crippen LogP contribution >= 0.6 is 0 Å². The summed E-state index contributed by atoms with van der Waals surface area (Å²) >= 11 is 0. The van der Waals surface area contributed by atoms with Crippen molar-refractivity contribution in [3.63, 3.8) is 0 Å². The van der Waals surface area contributed by atoms with Crippen molar-refractivity contribution in [2.45, 2.75) is 113 Å². The number of benzene rings is 2. The molecule has 0 aliphatic carbocycles. The second-order valence-electron chi connectivity index (χ2n) is 16.3. The Balaban J connectivity index is 1.89. The summed E-state index contributed by atoms with van der Waals surface area (Å²) in [7, 11) is 0. The lowest BCUT2D eigenvalue weighted by atomic mass is 9.61. The molecule has 1 heterocycles. The molecular formula is C39H50F6O6. The average molecular weight is 729 g/mol. The zero-order valence-electron chi connectivity index (χ0n) is 30.9. The number of rotatable bonds is 14. The topological polar surface area (TPSA) is 75.0 Å². The van der Waals surface area contributed by atoms with Gasteiger partial charge < -0.3 is 18.6 Å². The maximum Gasteiger partial charge on any atom is 0.573 e. The van der Waals surface area contributed by atoms with E-state index in [1.54, 1.807) is 13.0 Å². The minimum Gasteiger partial charge on any atom is -0.493 e. The third kappa shape index (κ3) is 11.9. The molecule has 1 aromatic heterocycles. The van der Waals surface area contributed by atoms with Crippen molar-refractivity contribution in [2.24, 2.45) is 21.7 Å². The van der Waals surface area contributed by atoms with E-state index in [4.69, 9.17) is 13.9 Å². The molecule has 0 saturated carbocycles. The van der Waals surface area contributed by atoms with Crippen molar-refractivity contribution in [1.82, 2.24) is 0 Å². The highest BCUT2D eigenvalue weighted by atomic mass is 19.4. The number of esters is 1. The van der Waals surface area contributed by atoms with Crippen LogP contribution in [0.25, 0.3) is 22.1 Å². The summed E-state index contributed by atoms with van der Waals surface area (Å²) in [6, 6.07) is 9.88. The maximum atomic E-state index is 13.8. The van der Waals surface area contributed by atoms with Gasteiger partial charge in [-0.15, -0.1) is 13.2 Å². The predicted octanol–water partition coefficient (Wildman–Crippen LogP) is 11.5. The number of ether oxygens (including phenoxy) is 3. The molecule has 12 heteroatoms. The van der Waals surface area contributed by atoms with Gasteiger partial charge in [0.1, 0.15) is 23.7 Å². The van der Waals surface area contributed by atoms with E-state index in [2.05, 4.69) is 4.74 Å². The maximum absolute atomic E-state index is 13.8. The van der Waals surface area contributed by atoms with Gasteiger partial charge >= 0.3 is 24.1 Å². The molecule has 0 spiro atoms. The van der Waals surface area contributed by atoms with E-state index < -0.39 is 65.8 Å². The first-order chi connectivity index (χ1) is 23.2. The van der Waals surface area contributed by atoms with Crippen LogP contribution in [0.4, 0.5) is 26.3 Å². The Morgan fingerprint density at radius 3 is 2.02 bits per heavy atom. The van der Waals surface area contributed by atoms with Gasteiger partial charge in [-0.2, -0.15) is 13.2 Å². The largest absolute Gasteiger partial charge is 0.573 e. The summed E-state index contributed by atoms with van der Waals surface area (Å²) in [6.45, 7) is 15.6. The molecule has 0 amide bonds. The Labute approximate surface area is 295 Å². The van der Waals surface area contributed by atoms with Gasteiger partial charge in [-0.3, -0.25) is 4.79 Å². The Morgan fingerprint density at radius 2 is 1.45 bits per heavy atom. The highest BCUT2D eigenvalue weighted by Crippen LogP contribution is 2.48. The second kappa shape index (κ2) is 15.5. The van der Waals surface area contributed by atoms with Crippen LogP contribution in [-0.4, -0.2) is 31.7 Å². The number of unbranched alkanes of at least 4 members (excludes halogenated alkanes) is 2. The van der Waals surface area contributed by atoms with Gasteiger partial charge in [-0.1, -0.05) is 80.4 Å². The molecule has 0 aliphatic heterocycles. The molecule has 0 fully saturated rings. The van der Waals surface area contributed by atoms with Crippen molar-refractivity contribution < 1.29 is 49.8 Å². The SMILES string of the molecule is CCCCCc1ccc(-c2cc3ccc(OCC(C)(COC(=O)C(C)(CC(C)(C)C)C(C)(C)C)CC(F)(F)F)cc3oc2=O)c(OC(F)(F)F)c1. The van der Waals surface area contributed by atoms with Gasteiger partial charge in [-0.25, -0.2) is 4.79 Å². The molecular weight excluding hydrogens is 678 g/mol. The predicted molar refractivity (Wildman–Crippen MR) is 185 cm³/mol. The molecule has 3 rings (SSSR count). The number of halogens is 6. The van der Waals surface area contributed by atoms with Gasteiger partial charge in [-0.05, 0) is 66.8 Å². The minimum atomic E-state index is -5.00. The first kappa shape index (κ1) is 41.7. The Morgan fingerprint density at radius 1 is 0.784 bits per heavy atom. The Kier molecular flexibility index (Phi) is 12.7. The number of fused-ring (bicyclic) bond motifs is 1. The fourth-order valence-corrected chi connectivity index (χ4v) is 6.09.